The monoisotopic (exact) mass is 539 g/mol. The summed E-state index contributed by atoms with van der Waals surface area (Å²) in [4.78, 5) is 55.7. The summed E-state index contributed by atoms with van der Waals surface area (Å²) in [6.45, 7) is 7.84. The number of hydrogen-bond donors (Lipinski definition) is 3. The normalized spacial score (nSPS) is 16.5. The molecule has 1 saturated heterocycles. The van der Waals surface area contributed by atoms with E-state index in [2.05, 4.69) is 21.0 Å². The first kappa shape index (κ1) is 29.6. The van der Waals surface area contributed by atoms with E-state index in [1.165, 1.54) is 5.01 Å². The lowest BCUT2D eigenvalue weighted by molar-refractivity contribution is -0.134. The van der Waals surface area contributed by atoms with Gasteiger partial charge in [0, 0.05) is 6.20 Å². The predicted molar refractivity (Wildman–Crippen MR) is 143 cm³/mol. The van der Waals surface area contributed by atoms with Crippen LogP contribution in [-0.2, 0) is 32.2 Å². The number of carbonyl (C=O) groups is 4. The zero-order valence-electron chi connectivity index (χ0n) is 22.8. The van der Waals surface area contributed by atoms with E-state index >= 15 is 0 Å². The molecule has 3 rings (SSSR count). The number of carbonyl (C=O) groups excluding carboxylic acids is 4. The molecule has 3 amide bonds. The molecule has 1 aromatic heterocycles. The Hall–Kier alpha value is -3.99. The minimum absolute atomic E-state index is 0.0494. The van der Waals surface area contributed by atoms with Crippen molar-refractivity contribution in [2.75, 3.05) is 0 Å². The summed E-state index contributed by atoms with van der Waals surface area (Å²) >= 11 is 0. The Balaban J connectivity index is 1.63. The van der Waals surface area contributed by atoms with E-state index in [-0.39, 0.29) is 25.0 Å². The molecule has 1 unspecified atom stereocenters. The maximum atomic E-state index is 13.4. The van der Waals surface area contributed by atoms with Crippen LogP contribution in [0.15, 0.2) is 54.7 Å². The maximum Gasteiger partial charge on any atom is 0.426 e. The third kappa shape index (κ3) is 9.36. The average molecular weight is 540 g/mol. The number of amides is 3. The highest BCUT2D eigenvalue weighted by molar-refractivity contribution is 5.95. The van der Waals surface area contributed by atoms with E-state index in [0.717, 1.165) is 5.56 Å². The molecule has 1 aromatic carbocycles. The van der Waals surface area contributed by atoms with Crippen LogP contribution in [0.5, 0.6) is 0 Å². The third-order valence-electron chi connectivity index (χ3n) is 5.91. The Labute approximate surface area is 228 Å². The van der Waals surface area contributed by atoms with Crippen molar-refractivity contribution in [2.24, 2.45) is 11.8 Å². The number of aromatic nitrogens is 1. The summed E-state index contributed by atoms with van der Waals surface area (Å²) in [7, 11) is 0. The van der Waals surface area contributed by atoms with Gasteiger partial charge < -0.3 is 20.1 Å². The van der Waals surface area contributed by atoms with Crippen molar-refractivity contribution >= 4 is 23.9 Å². The van der Waals surface area contributed by atoms with E-state index in [1.54, 1.807) is 24.4 Å². The van der Waals surface area contributed by atoms with E-state index < -0.39 is 42.2 Å². The number of rotatable bonds is 13. The van der Waals surface area contributed by atoms with E-state index in [9.17, 15) is 19.2 Å². The van der Waals surface area contributed by atoms with Crippen molar-refractivity contribution in [3.05, 3.63) is 66.0 Å². The molecule has 11 heteroatoms. The average Bonchev–Trinajstić information content (AvgIpc) is 3.26. The zero-order valence-corrected chi connectivity index (χ0v) is 22.8. The molecule has 39 heavy (non-hydrogen) atoms. The highest BCUT2D eigenvalue weighted by Gasteiger charge is 2.40. The SMILES string of the molecule is CC(C)C[C@H](NC(=O)OCc1ccccc1)C(=O)N[C@@H](CC(C)C)C(=O)C1NN(Cc2ccccn2)C(=O)O1. The first-order chi connectivity index (χ1) is 18.6. The minimum Gasteiger partial charge on any atom is -0.445 e. The molecule has 210 valence electrons. The number of pyridine rings is 1. The van der Waals surface area contributed by atoms with Crippen molar-refractivity contribution in [2.45, 2.75) is 72.0 Å². The van der Waals surface area contributed by atoms with Crippen LogP contribution in [0.25, 0.3) is 0 Å². The van der Waals surface area contributed by atoms with Gasteiger partial charge in [0.05, 0.1) is 18.3 Å². The molecule has 0 bridgehead atoms. The number of ketones is 1. The van der Waals surface area contributed by atoms with Crippen LogP contribution in [0.2, 0.25) is 0 Å². The fourth-order valence-corrected chi connectivity index (χ4v) is 4.05. The Bertz CT molecular complexity index is 1110. The van der Waals surface area contributed by atoms with Gasteiger partial charge in [0.15, 0.2) is 0 Å². The van der Waals surface area contributed by atoms with Crippen molar-refractivity contribution in [1.29, 1.82) is 0 Å². The summed E-state index contributed by atoms with van der Waals surface area (Å²) in [5.41, 5.74) is 4.20. The molecule has 3 N–H and O–H groups in total. The zero-order chi connectivity index (χ0) is 28.4. The molecular formula is C28H37N5O6. The molecule has 0 radical (unpaired) electrons. The summed E-state index contributed by atoms with van der Waals surface area (Å²) in [5, 5.41) is 6.57. The number of Topliss-reactive ketones (excluding diaryl/α,β-unsaturated/α-hetero) is 1. The number of hydrogen-bond acceptors (Lipinski definition) is 8. The fourth-order valence-electron chi connectivity index (χ4n) is 4.05. The number of alkyl carbamates (subject to hydrolysis) is 1. The first-order valence-corrected chi connectivity index (χ1v) is 13.1. The summed E-state index contributed by atoms with van der Waals surface area (Å²) in [6.07, 6.45) is -0.460. The van der Waals surface area contributed by atoms with E-state index in [0.29, 0.717) is 18.5 Å². The smallest absolute Gasteiger partial charge is 0.426 e. The van der Waals surface area contributed by atoms with Crippen LogP contribution in [0, 0.1) is 11.8 Å². The van der Waals surface area contributed by atoms with E-state index in [4.69, 9.17) is 9.47 Å². The van der Waals surface area contributed by atoms with E-state index in [1.807, 2.05) is 58.0 Å². The van der Waals surface area contributed by atoms with Crippen LogP contribution in [0.4, 0.5) is 9.59 Å². The van der Waals surface area contributed by atoms with Gasteiger partial charge in [-0.05, 0) is 42.4 Å². The van der Waals surface area contributed by atoms with Gasteiger partial charge in [-0.15, -0.1) is 0 Å². The number of benzene rings is 1. The lowest BCUT2D eigenvalue weighted by atomic mass is 9.97. The van der Waals surface area contributed by atoms with Crippen LogP contribution >= 0.6 is 0 Å². The number of hydrazine groups is 1. The standard InChI is InChI=1S/C28H37N5O6/c1-18(2)14-22(24(34)26-32-33(28(37)39-26)16-21-12-8-9-13-29-21)30-25(35)23(15-19(3)4)31-27(36)38-17-20-10-6-5-7-11-20/h5-13,18-19,22-23,26,32H,14-17H2,1-4H3,(H,30,35)(H,31,36)/t22-,23-,26?/m0/s1. The van der Waals surface area contributed by atoms with Gasteiger partial charge in [-0.3, -0.25) is 14.6 Å². The lowest BCUT2D eigenvalue weighted by Gasteiger charge is -2.25. The van der Waals surface area contributed by atoms with Crippen LogP contribution in [0.3, 0.4) is 0 Å². The number of nitrogens with one attached hydrogen (secondary N) is 3. The van der Waals surface area contributed by atoms with Crippen molar-refractivity contribution in [3.63, 3.8) is 0 Å². The van der Waals surface area contributed by atoms with Gasteiger partial charge in [0.2, 0.25) is 17.9 Å². The van der Waals surface area contributed by atoms with Gasteiger partial charge in [0.1, 0.15) is 12.6 Å². The molecule has 2 heterocycles. The quantitative estimate of drug-likeness (QED) is 0.352. The summed E-state index contributed by atoms with van der Waals surface area (Å²) in [5.74, 6) is -0.891. The van der Waals surface area contributed by atoms with Gasteiger partial charge in [0.25, 0.3) is 0 Å². The molecule has 3 atom stereocenters. The highest BCUT2D eigenvalue weighted by Crippen LogP contribution is 2.16. The summed E-state index contributed by atoms with van der Waals surface area (Å²) in [6, 6.07) is 12.6. The molecule has 1 aliphatic rings. The molecule has 0 saturated carbocycles. The Morgan fingerprint density at radius 1 is 0.974 bits per heavy atom. The number of nitrogens with zero attached hydrogens (tertiary/aromatic N) is 2. The van der Waals surface area contributed by atoms with Crippen molar-refractivity contribution in [1.82, 2.24) is 26.1 Å². The second kappa shape index (κ2) is 14.2. The van der Waals surface area contributed by atoms with Crippen molar-refractivity contribution in [3.8, 4) is 0 Å². The molecule has 1 fully saturated rings. The molecule has 11 nitrogen and oxygen atoms in total. The highest BCUT2D eigenvalue weighted by atomic mass is 16.6. The fraction of sp³-hybridized carbons (Fsp3) is 0.464. The largest absolute Gasteiger partial charge is 0.445 e. The number of ether oxygens (including phenoxy) is 2. The second-order valence-corrected chi connectivity index (χ2v) is 10.3. The predicted octanol–water partition coefficient (Wildman–Crippen LogP) is 3.31. The summed E-state index contributed by atoms with van der Waals surface area (Å²) < 4.78 is 10.6. The van der Waals surface area contributed by atoms with Gasteiger partial charge >= 0.3 is 12.2 Å². The minimum atomic E-state index is -1.27. The van der Waals surface area contributed by atoms with Crippen molar-refractivity contribution < 1.29 is 28.7 Å². The Kier molecular flexibility index (Phi) is 10.8. The molecule has 2 aromatic rings. The molecule has 0 aliphatic carbocycles. The molecule has 0 spiro atoms. The Morgan fingerprint density at radius 3 is 2.28 bits per heavy atom. The molecular weight excluding hydrogens is 502 g/mol. The van der Waals surface area contributed by atoms with Crippen LogP contribution < -0.4 is 16.1 Å². The van der Waals surface area contributed by atoms with Gasteiger partial charge in [-0.1, -0.05) is 64.1 Å². The third-order valence-corrected chi connectivity index (χ3v) is 5.91. The van der Waals surface area contributed by atoms with Gasteiger partial charge in [-0.25, -0.2) is 14.6 Å². The lowest BCUT2D eigenvalue weighted by Crippen LogP contribution is -2.55. The first-order valence-electron chi connectivity index (χ1n) is 13.1. The van der Waals surface area contributed by atoms with Gasteiger partial charge in [-0.2, -0.15) is 5.43 Å². The maximum absolute atomic E-state index is 13.4. The molecule has 1 aliphatic heterocycles. The topological polar surface area (TPSA) is 139 Å². The van der Waals surface area contributed by atoms with Crippen LogP contribution in [0.1, 0.15) is 51.8 Å². The Morgan fingerprint density at radius 2 is 1.64 bits per heavy atom. The number of cyclic esters (lactones) is 1. The second-order valence-electron chi connectivity index (χ2n) is 10.3. The van der Waals surface area contributed by atoms with Crippen LogP contribution in [-0.4, -0.2) is 52.2 Å².